The minimum Gasteiger partial charge on any atom is -0.370 e. The molecule has 1 unspecified atom stereocenters. The van der Waals surface area contributed by atoms with Crippen molar-refractivity contribution in [3.8, 4) is 0 Å². The zero-order valence-electron chi connectivity index (χ0n) is 8.76. The molecule has 1 aromatic carbocycles. The lowest BCUT2D eigenvalue weighted by Crippen LogP contribution is -2.24. The molecule has 0 fully saturated rings. The highest BCUT2D eigenvalue weighted by Gasteiger charge is 2.08. The minimum absolute atomic E-state index is 0.0275. The molecule has 0 radical (unpaired) electrons. The molecule has 4 nitrogen and oxygen atoms in total. The molecular weight excluding hydrogens is 188 g/mol. The molecule has 0 aliphatic carbocycles. The van der Waals surface area contributed by atoms with Crippen molar-refractivity contribution < 1.29 is 0 Å². The highest BCUT2D eigenvalue weighted by atomic mass is 15.0. The Morgan fingerprint density at radius 3 is 2.40 bits per heavy atom. The fourth-order valence-electron chi connectivity index (χ4n) is 1.47. The molecule has 0 aliphatic rings. The largest absolute Gasteiger partial charge is 0.370 e. The monoisotopic (exact) mass is 206 g/mol. The number of hydrogen-bond donors (Lipinski definition) is 3. The third-order valence-corrected chi connectivity index (χ3v) is 2.17. The molecular formula is C11H18N4. The maximum atomic E-state index is 5.47. The van der Waals surface area contributed by atoms with Crippen LogP contribution in [0.3, 0.4) is 0 Å². The van der Waals surface area contributed by atoms with Crippen LogP contribution in [0.25, 0.3) is 0 Å². The first-order chi connectivity index (χ1) is 7.24. The van der Waals surface area contributed by atoms with E-state index in [4.69, 9.17) is 17.2 Å². The smallest absolute Gasteiger partial charge is 0.186 e. The molecule has 82 valence electrons. The van der Waals surface area contributed by atoms with Crippen molar-refractivity contribution in [2.45, 2.75) is 18.9 Å². The molecule has 1 rings (SSSR count). The summed E-state index contributed by atoms with van der Waals surface area (Å²) in [6, 6.07) is 10.0. The maximum Gasteiger partial charge on any atom is 0.186 e. The van der Waals surface area contributed by atoms with Gasteiger partial charge in [0.05, 0.1) is 6.04 Å². The van der Waals surface area contributed by atoms with Crippen molar-refractivity contribution in [1.82, 2.24) is 0 Å². The molecule has 0 aromatic heterocycles. The zero-order valence-corrected chi connectivity index (χ0v) is 8.76. The van der Waals surface area contributed by atoms with Gasteiger partial charge in [0.15, 0.2) is 5.96 Å². The fraction of sp³-hybridized carbons (Fsp3) is 0.364. The van der Waals surface area contributed by atoms with Crippen molar-refractivity contribution in [3.05, 3.63) is 35.9 Å². The Morgan fingerprint density at radius 2 is 1.87 bits per heavy atom. The summed E-state index contributed by atoms with van der Waals surface area (Å²) in [6.45, 7) is 0.656. The van der Waals surface area contributed by atoms with Gasteiger partial charge in [0.25, 0.3) is 0 Å². The summed E-state index contributed by atoms with van der Waals surface area (Å²) in [5.74, 6) is 0.126. The van der Waals surface area contributed by atoms with E-state index in [1.165, 1.54) is 0 Å². The first-order valence-electron chi connectivity index (χ1n) is 5.08. The van der Waals surface area contributed by atoms with E-state index in [9.17, 15) is 0 Å². The molecule has 0 spiro atoms. The molecule has 0 amide bonds. The molecule has 0 saturated heterocycles. The van der Waals surface area contributed by atoms with Crippen LogP contribution in [0.15, 0.2) is 35.3 Å². The molecule has 1 atom stereocenters. The van der Waals surface area contributed by atoms with Crippen molar-refractivity contribution in [2.24, 2.45) is 22.2 Å². The SMILES string of the molecule is NCCCC(N=C(N)N)c1ccccc1. The Balaban J connectivity index is 2.77. The number of nitrogens with two attached hydrogens (primary N) is 3. The Kier molecular flexibility index (Phi) is 4.63. The molecule has 0 saturated carbocycles. The molecule has 1 aromatic rings. The Hall–Kier alpha value is -1.55. The van der Waals surface area contributed by atoms with Gasteiger partial charge in [-0.15, -0.1) is 0 Å². The predicted molar refractivity (Wildman–Crippen MR) is 63.3 cm³/mol. The third-order valence-electron chi connectivity index (χ3n) is 2.17. The summed E-state index contributed by atoms with van der Waals surface area (Å²) in [7, 11) is 0. The van der Waals surface area contributed by atoms with E-state index in [1.54, 1.807) is 0 Å². The van der Waals surface area contributed by atoms with Crippen molar-refractivity contribution in [1.29, 1.82) is 0 Å². The van der Waals surface area contributed by atoms with Gasteiger partial charge in [-0.1, -0.05) is 30.3 Å². The summed E-state index contributed by atoms with van der Waals surface area (Å²) in [5.41, 5.74) is 17.4. The van der Waals surface area contributed by atoms with Crippen LogP contribution in [0.2, 0.25) is 0 Å². The minimum atomic E-state index is 0.0275. The van der Waals surface area contributed by atoms with E-state index < -0.39 is 0 Å². The summed E-state index contributed by atoms with van der Waals surface area (Å²) in [4.78, 5) is 4.20. The summed E-state index contributed by atoms with van der Waals surface area (Å²) in [6.07, 6.45) is 1.79. The van der Waals surface area contributed by atoms with Gasteiger partial charge in [-0.05, 0) is 24.9 Å². The molecule has 0 heterocycles. The second-order valence-corrected chi connectivity index (χ2v) is 3.41. The summed E-state index contributed by atoms with van der Waals surface area (Å²) >= 11 is 0. The van der Waals surface area contributed by atoms with Crippen LogP contribution in [-0.2, 0) is 0 Å². The van der Waals surface area contributed by atoms with Crippen molar-refractivity contribution in [2.75, 3.05) is 6.54 Å². The molecule has 0 aliphatic heterocycles. The highest BCUT2D eigenvalue weighted by molar-refractivity contribution is 5.76. The molecule has 15 heavy (non-hydrogen) atoms. The highest BCUT2D eigenvalue weighted by Crippen LogP contribution is 2.21. The number of benzene rings is 1. The van der Waals surface area contributed by atoms with Crippen LogP contribution in [0.1, 0.15) is 24.4 Å². The lowest BCUT2D eigenvalue weighted by molar-refractivity contribution is 0.619. The van der Waals surface area contributed by atoms with Gasteiger partial charge in [-0.3, -0.25) is 0 Å². The van der Waals surface area contributed by atoms with Crippen molar-refractivity contribution in [3.63, 3.8) is 0 Å². The first kappa shape index (κ1) is 11.5. The number of guanidine groups is 1. The van der Waals surface area contributed by atoms with E-state index in [2.05, 4.69) is 4.99 Å². The van der Waals surface area contributed by atoms with Crippen LogP contribution >= 0.6 is 0 Å². The van der Waals surface area contributed by atoms with Crippen LogP contribution in [-0.4, -0.2) is 12.5 Å². The lowest BCUT2D eigenvalue weighted by Gasteiger charge is -2.12. The average Bonchev–Trinajstić information content (AvgIpc) is 2.25. The van der Waals surface area contributed by atoms with Gasteiger partial charge < -0.3 is 17.2 Å². The van der Waals surface area contributed by atoms with Crippen LogP contribution < -0.4 is 17.2 Å². The van der Waals surface area contributed by atoms with Gasteiger partial charge >= 0.3 is 0 Å². The Morgan fingerprint density at radius 1 is 1.20 bits per heavy atom. The third kappa shape index (κ3) is 3.99. The quantitative estimate of drug-likeness (QED) is 0.490. The normalized spacial score (nSPS) is 12.1. The van der Waals surface area contributed by atoms with E-state index >= 15 is 0 Å². The average molecular weight is 206 g/mol. The molecule has 0 bridgehead atoms. The summed E-state index contributed by atoms with van der Waals surface area (Å²) in [5, 5.41) is 0. The molecule has 4 heteroatoms. The summed E-state index contributed by atoms with van der Waals surface area (Å²) < 4.78 is 0. The van der Waals surface area contributed by atoms with Gasteiger partial charge in [0, 0.05) is 0 Å². The van der Waals surface area contributed by atoms with E-state index in [0.717, 1.165) is 18.4 Å². The lowest BCUT2D eigenvalue weighted by atomic mass is 10.0. The second-order valence-electron chi connectivity index (χ2n) is 3.41. The van der Waals surface area contributed by atoms with E-state index in [1.807, 2.05) is 30.3 Å². The van der Waals surface area contributed by atoms with E-state index in [-0.39, 0.29) is 12.0 Å². The van der Waals surface area contributed by atoms with Crippen LogP contribution in [0.4, 0.5) is 0 Å². The number of hydrogen-bond acceptors (Lipinski definition) is 2. The Labute approximate surface area is 90.2 Å². The van der Waals surface area contributed by atoms with Crippen LogP contribution in [0, 0.1) is 0 Å². The number of rotatable bonds is 5. The Bertz CT molecular complexity index is 304. The van der Waals surface area contributed by atoms with Gasteiger partial charge in [0.2, 0.25) is 0 Å². The standard InChI is InChI=1S/C11H18N4/c12-8-4-7-10(15-11(13)14)9-5-2-1-3-6-9/h1-3,5-6,10H,4,7-8,12H2,(H4,13,14,15). The maximum absolute atomic E-state index is 5.47. The van der Waals surface area contributed by atoms with Crippen molar-refractivity contribution >= 4 is 5.96 Å². The fourth-order valence-corrected chi connectivity index (χ4v) is 1.47. The van der Waals surface area contributed by atoms with Crippen LogP contribution in [0.5, 0.6) is 0 Å². The molecule has 6 N–H and O–H groups in total. The second kappa shape index (κ2) is 6.03. The first-order valence-corrected chi connectivity index (χ1v) is 5.08. The van der Waals surface area contributed by atoms with E-state index in [0.29, 0.717) is 6.54 Å². The van der Waals surface area contributed by atoms with Gasteiger partial charge in [0.1, 0.15) is 0 Å². The number of nitrogens with zero attached hydrogens (tertiary/aromatic N) is 1. The predicted octanol–water partition coefficient (Wildman–Crippen LogP) is 0.740. The topological polar surface area (TPSA) is 90.4 Å². The number of aliphatic imine (C=N–C) groups is 1. The van der Waals surface area contributed by atoms with Gasteiger partial charge in [-0.2, -0.15) is 0 Å². The zero-order chi connectivity index (χ0) is 11.1. The van der Waals surface area contributed by atoms with Gasteiger partial charge in [-0.25, -0.2) is 4.99 Å².